The fraction of sp³-hybridized carbons (Fsp3) is 0.615. The number of fused-ring (bicyclic) bond motifs is 2. The summed E-state index contributed by atoms with van der Waals surface area (Å²) in [5.74, 6) is 0. The molecule has 1 aromatic rings. The van der Waals surface area contributed by atoms with Crippen molar-refractivity contribution in [2.24, 2.45) is 5.41 Å². The molecule has 4 heteroatoms. The van der Waals surface area contributed by atoms with E-state index in [1.807, 2.05) is 19.1 Å². The number of thiophene rings is 1. The molecule has 0 aromatic carbocycles. The minimum absolute atomic E-state index is 0.0880. The lowest BCUT2D eigenvalue weighted by atomic mass is 9.71. The Morgan fingerprint density at radius 1 is 1.59 bits per heavy atom. The number of rotatable bonds is 2. The summed E-state index contributed by atoms with van der Waals surface area (Å²) < 4.78 is 5.75. The van der Waals surface area contributed by atoms with E-state index in [-0.39, 0.29) is 12.2 Å². The largest absolute Gasteiger partial charge is 0.386 e. The lowest BCUT2D eigenvalue weighted by Gasteiger charge is -2.32. The summed E-state index contributed by atoms with van der Waals surface area (Å²) in [6.45, 7) is 2.01. The Hall–Kier alpha value is -0.890. The molecule has 3 heterocycles. The molecule has 2 fully saturated rings. The van der Waals surface area contributed by atoms with Gasteiger partial charge in [-0.2, -0.15) is 5.26 Å². The Labute approximate surface area is 105 Å². The maximum Gasteiger partial charge on any atom is 0.117 e. The number of aryl methyl sites for hydroxylation is 1. The molecule has 4 atom stereocenters. The second-order valence-corrected chi connectivity index (χ2v) is 6.35. The van der Waals surface area contributed by atoms with Gasteiger partial charge in [0.25, 0.3) is 0 Å². The van der Waals surface area contributed by atoms with Gasteiger partial charge in [0.1, 0.15) is 11.5 Å². The van der Waals surface area contributed by atoms with Crippen molar-refractivity contribution in [2.45, 2.75) is 44.5 Å². The minimum atomic E-state index is -0.722. The van der Waals surface area contributed by atoms with Crippen LogP contribution in [-0.2, 0) is 4.74 Å². The highest BCUT2D eigenvalue weighted by Gasteiger charge is 2.57. The second kappa shape index (κ2) is 3.81. The molecule has 0 radical (unpaired) electrons. The van der Waals surface area contributed by atoms with Crippen LogP contribution in [0.1, 0.15) is 35.1 Å². The van der Waals surface area contributed by atoms with Gasteiger partial charge in [0.15, 0.2) is 0 Å². The minimum Gasteiger partial charge on any atom is -0.386 e. The predicted octanol–water partition coefficient (Wildman–Crippen LogP) is 2.55. The number of nitriles is 1. The van der Waals surface area contributed by atoms with Crippen LogP contribution in [0.3, 0.4) is 0 Å². The molecule has 4 unspecified atom stereocenters. The van der Waals surface area contributed by atoms with Crippen LogP contribution in [0.25, 0.3) is 0 Å². The number of aliphatic hydroxyl groups excluding tert-OH is 1. The highest BCUT2D eigenvalue weighted by molar-refractivity contribution is 7.12. The molecule has 1 aromatic heterocycles. The van der Waals surface area contributed by atoms with E-state index in [0.717, 1.165) is 22.6 Å². The van der Waals surface area contributed by atoms with Gasteiger partial charge in [0.2, 0.25) is 0 Å². The number of nitrogens with zero attached hydrogens (tertiary/aromatic N) is 1. The molecule has 90 valence electrons. The van der Waals surface area contributed by atoms with Gasteiger partial charge in [-0.25, -0.2) is 0 Å². The van der Waals surface area contributed by atoms with E-state index in [2.05, 4.69) is 6.07 Å². The monoisotopic (exact) mass is 249 g/mol. The Kier molecular flexibility index (Phi) is 2.51. The van der Waals surface area contributed by atoms with Gasteiger partial charge < -0.3 is 9.84 Å². The first-order valence-electron chi connectivity index (χ1n) is 5.97. The Bertz CT molecular complexity index is 478. The van der Waals surface area contributed by atoms with Crippen LogP contribution in [0.4, 0.5) is 0 Å². The van der Waals surface area contributed by atoms with E-state index < -0.39 is 11.5 Å². The maximum absolute atomic E-state index is 10.5. The summed E-state index contributed by atoms with van der Waals surface area (Å²) in [4.78, 5) is 2.05. The molecule has 3 rings (SSSR count). The molecule has 1 N–H and O–H groups in total. The molecule has 3 nitrogen and oxygen atoms in total. The van der Waals surface area contributed by atoms with Crippen LogP contribution in [0, 0.1) is 23.7 Å². The fourth-order valence-corrected chi connectivity index (χ4v) is 4.03. The smallest absolute Gasteiger partial charge is 0.117 e. The Morgan fingerprint density at radius 2 is 2.41 bits per heavy atom. The molecule has 2 bridgehead atoms. The number of aliphatic hydroxyl groups is 1. The number of hydrogen-bond donors (Lipinski definition) is 1. The van der Waals surface area contributed by atoms with Gasteiger partial charge in [0, 0.05) is 9.75 Å². The summed E-state index contributed by atoms with van der Waals surface area (Å²) in [5, 5.41) is 20.0. The van der Waals surface area contributed by atoms with Crippen molar-refractivity contribution in [2.75, 3.05) is 0 Å². The number of ether oxygens (including phenoxy) is 1. The Morgan fingerprint density at radius 3 is 2.88 bits per heavy atom. The van der Waals surface area contributed by atoms with Gasteiger partial charge >= 0.3 is 0 Å². The van der Waals surface area contributed by atoms with Crippen LogP contribution in [0.5, 0.6) is 0 Å². The van der Waals surface area contributed by atoms with Crippen molar-refractivity contribution in [1.82, 2.24) is 0 Å². The predicted molar refractivity (Wildman–Crippen MR) is 64.6 cm³/mol. The third-order valence-corrected chi connectivity index (χ3v) is 5.03. The lowest BCUT2D eigenvalue weighted by molar-refractivity contribution is 0.00526. The number of hydrogen-bond acceptors (Lipinski definition) is 4. The molecular formula is C13H15NO2S. The van der Waals surface area contributed by atoms with Crippen LogP contribution >= 0.6 is 11.3 Å². The molecule has 0 amide bonds. The van der Waals surface area contributed by atoms with Crippen molar-refractivity contribution in [3.63, 3.8) is 0 Å². The molecule has 2 aliphatic rings. The van der Waals surface area contributed by atoms with E-state index in [9.17, 15) is 10.4 Å². The summed E-state index contributed by atoms with van der Waals surface area (Å²) in [7, 11) is 0. The van der Waals surface area contributed by atoms with Crippen molar-refractivity contribution >= 4 is 11.3 Å². The quantitative estimate of drug-likeness (QED) is 0.876. The molecule has 2 aliphatic heterocycles. The van der Waals surface area contributed by atoms with E-state index in [4.69, 9.17) is 4.74 Å². The van der Waals surface area contributed by atoms with Crippen molar-refractivity contribution in [1.29, 1.82) is 5.26 Å². The summed E-state index contributed by atoms with van der Waals surface area (Å²) >= 11 is 1.57. The third-order valence-electron chi connectivity index (χ3n) is 3.97. The zero-order valence-corrected chi connectivity index (χ0v) is 10.5. The van der Waals surface area contributed by atoms with Crippen molar-refractivity contribution < 1.29 is 9.84 Å². The zero-order chi connectivity index (χ0) is 12.0. The van der Waals surface area contributed by atoms with Gasteiger partial charge in [-0.1, -0.05) is 0 Å². The highest BCUT2D eigenvalue weighted by Crippen LogP contribution is 2.54. The topological polar surface area (TPSA) is 53.2 Å². The molecule has 0 aliphatic carbocycles. The standard InChI is InChI=1S/C13H15NO2S/c1-8-2-4-10(17-8)12(15)13(7-14)6-9-3-5-11(13)16-9/h2,4,9,11-12,15H,3,5-6H2,1H3. The highest BCUT2D eigenvalue weighted by atomic mass is 32.1. The Balaban J connectivity index is 1.94. The van der Waals surface area contributed by atoms with Crippen LogP contribution in [0.15, 0.2) is 12.1 Å². The van der Waals surface area contributed by atoms with E-state index in [1.165, 1.54) is 0 Å². The van der Waals surface area contributed by atoms with Crippen molar-refractivity contribution in [3.05, 3.63) is 21.9 Å². The first kappa shape index (κ1) is 11.2. The van der Waals surface area contributed by atoms with Crippen molar-refractivity contribution in [3.8, 4) is 6.07 Å². The van der Waals surface area contributed by atoms with E-state index in [1.54, 1.807) is 11.3 Å². The first-order chi connectivity index (χ1) is 8.15. The average molecular weight is 249 g/mol. The summed E-state index contributed by atoms with van der Waals surface area (Å²) in [5.41, 5.74) is -0.722. The van der Waals surface area contributed by atoms with Crippen LogP contribution < -0.4 is 0 Å². The van der Waals surface area contributed by atoms with Crippen LogP contribution in [0.2, 0.25) is 0 Å². The van der Waals surface area contributed by atoms with Gasteiger partial charge in [-0.15, -0.1) is 11.3 Å². The molecule has 0 spiro atoms. The average Bonchev–Trinajstić information content (AvgIpc) is 3.02. The third kappa shape index (κ3) is 1.54. The summed E-state index contributed by atoms with van der Waals surface area (Å²) in [6.07, 6.45) is 1.99. The van der Waals surface area contributed by atoms with E-state index >= 15 is 0 Å². The zero-order valence-electron chi connectivity index (χ0n) is 9.72. The molecular weight excluding hydrogens is 234 g/mol. The molecule has 0 saturated carbocycles. The van der Waals surface area contributed by atoms with E-state index in [0.29, 0.717) is 6.42 Å². The van der Waals surface area contributed by atoms with Crippen LogP contribution in [-0.4, -0.2) is 17.3 Å². The second-order valence-electron chi connectivity index (χ2n) is 5.03. The molecule has 2 saturated heterocycles. The lowest BCUT2D eigenvalue weighted by Crippen LogP contribution is -2.36. The fourth-order valence-electron chi connectivity index (χ4n) is 3.06. The first-order valence-corrected chi connectivity index (χ1v) is 6.78. The van der Waals surface area contributed by atoms with Gasteiger partial charge in [-0.3, -0.25) is 0 Å². The molecule has 17 heavy (non-hydrogen) atoms. The van der Waals surface area contributed by atoms with Gasteiger partial charge in [0.05, 0.1) is 18.3 Å². The SMILES string of the molecule is Cc1ccc(C(O)C2(C#N)CC3CCC2O3)s1. The normalized spacial score (nSPS) is 37.0. The summed E-state index contributed by atoms with van der Waals surface area (Å²) in [6, 6.07) is 6.26. The maximum atomic E-state index is 10.5. The van der Waals surface area contributed by atoms with Gasteiger partial charge in [-0.05, 0) is 38.3 Å².